The molecular formula is C24H23F2N3O4S. The maximum absolute atomic E-state index is 12.7. The Morgan fingerprint density at radius 1 is 1.06 bits per heavy atom. The molecule has 3 aromatic rings. The summed E-state index contributed by atoms with van der Waals surface area (Å²) in [7, 11) is -2.17. The maximum atomic E-state index is 12.7. The summed E-state index contributed by atoms with van der Waals surface area (Å²) in [5.41, 5.74) is 4.54. The standard InChI is InChI=1S/C24H23F2N3O4S/c1-17-7-13-21(14-8-17)34(31,32)29(2)16-18-9-11-19(12-10-18)23(30)28-27-15-20-5-3-4-6-22(20)33-24(25)26/h3-15,24H,16H2,1-2H3,(H,28,30). The fourth-order valence-corrected chi connectivity index (χ4v) is 4.17. The van der Waals surface area contributed by atoms with Gasteiger partial charge in [0, 0.05) is 24.7 Å². The van der Waals surface area contributed by atoms with Crippen LogP contribution in [0.5, 0.6) is 5.75 Å². The number of carbonyl (C=O) groups excluding carboxylic acids is 1. The lowest BCUT2D eigenvalue weighted by Gasteiger charge is -2.17. The zero-order valence-electron chi connectivity index (χ0n) is 18.5. The van der Waals surface area contributed by atoms with E-state index in [-0.39, 0.29) is 22.8 Å². The molecule has 1 amide bonds. The molecule has 10 heteroatoms. The monoisotopic (exact) mass is 487 g/mol. The van der Waals surface area contributed by atoms with Gasteiger partial charge in [-0.3, -0.25) is 4.79 Å². The number of hydrogen-bond acceptors (Lipinski definition) is 5. The summed E-state index contributed by atoms with van der Waals surface area (Å²) in [6, 6.07) is 19.0. The summed E-state index contributed by atoms with van der Waals surface area (Å²) in [6.07, 6.45) is 1.20. The molecule has 1 N–H and O–H groups in total. The third kappa shape index (κ3) is 6.46. The largest absolute Gasteiger partial charge is 0.434 e. The van der Waals surface area contributed by atoms with Crippen LogP contribution in [0.15, 0.2) is 82.8 Å². The van der Waals surface area contributed by atoms with E-state index in [1.807, 2.05) is 6.92 Å². The molecule has 3 aromatic carbocycles. The number of rotatable bonds is 9. The van der Waals surface area contributed by atoms with Gasteiger partial charge in [0.15, 0.2) is 0 Å². The van der Waals surface area contributed by atoms with Crippen LogP contribution in [-0.4, -0.2) is 38.5 Å². The topological polar surface area (TPSA) is 88.1 Å². The fourth-order valence-electron chi connectivity index (χ4n) is 3.01. The Morgan fingerprint density at radius 2 is 1.71 bits per heavy atom. The molecule has 0 aliphatic carbocycles. The van der Waals surface area contributed by atoms with E-state index < -0.39 is 22.5 Å². The number of hydrazone groups is 1. The number of hydrogen-bond donors (Lipinski definition) is 1. The molecule has 0 fully saturated rings. The van der Waals surface area contributed by atoms with E-state index in [1.54, 1.807) is 60.7 Å². The minimum absolute atomic E-state index is 0.0652. The van der Waals surface area contributed by atoms with Crippen molar-refractivity contribution >= 4 is 22.1 Å². The van der Waals surface area contributed by atoms with Crippen LogP contribution in [0.2, 0.25) is 0 Å². The highest BCUT2D eigenvalue weighted by Gasteiger charge is 2.20. The number of sulfonamides is 1. The van der Waals surface area contributed by atoms with E-state index in [4.69, 9.17) is 0 Å². The van der Waals surface area contributed by atoms with Gasteiger partial charge in [-0.05, 0) is 48.9 Å². The van der Waals surface area contributed by atoms with E-state index in [9.17, 15) is 22.0 Å². The summed E-state index contributed by atoms with van der Waals surface area (Å²) >= 11 is 0. The predicted molar refractivity (Wildman–Crippen MR) is 124 cm³/mol. The van der Waals surface area contributed by atoms with Crippen LogP contribution in [0.1, 0.15) is 27.0 Å². The number of halogens is 2. The second kappa shape index (κ2) is 11.0. The van der Waals surface area contributed by atoms with Crippen molar-refractivity contribution in [1.82, 2.24) is 9.73 Å². The first-order valence-electron chi connectivity index (χ1n) is 10.2. The molecule has 0 aliphatic heterocycles. The normalized spacial score (nSPS) is 11.8. The van der Waals surface area contributed by atoms with Crippen molar-refractivity contribution in [2.24, 2.45) is 5.10 Å². The maximum Gasteiger partial charge on any atom is 0.387 e. The zero-order valence-corrected chi connectivity index (χ0v) is 19.3. The molecule has 3 rings (SSSR count). The van der Waals surface area contributed by atoms with Gasteiger partial charge >= 0.3 is 6.61 Å². The SMILES string of the molecule is Cc1ccc(S(=O)(=O)N(C)Cc2ccc(C(=O)NN=Cc3ccccc3OC(F)F)cc2)cc1. The van der Waals surface area contributed by atoms with Crippen LogP contribution in [0.4, 0.5) is 8.78 Å². The molecule has 0 saturated carbocycles. The van der Waals surface area contributed by atoms with Crippen LogP contribution in [0.3, 0.4) is 0 Å². The average molecular weight is 488 g/mol. The highest BCUT2D eigenvalue weighted by atomic mass is 32.2. The fraction of sp³-hybridized carbons (Fsp3) is 0.167. The number of nitrogens with one attached hydrogen (secondary N) is 1. The minimum Gasteiger partial charge on any atom is -0.434 e. The van der Waals surface area contributed by atoms with Gasteiger partial charge in [-0.2, -0.15) is 18.2 Å². The van der Waals surface area contributed by atoms with E-state index in [0.29, 0.717) is 11.1 Å². The number of benzene rings is 3. The Balaban J connectivity index is 1.61. The van der Waals surface area contributed by atoms with E-state index in [2.05, 4.69) is 15.3 Å². The van der Waals surface area contributed by atoms with Crippen molar-refractivity contribution in [3.63, 3.8) is 0 Å². The van der Waals surface area contributed by atoms with Crippen LogP contribution >= 0.6 is 0 Å². The summed E-state index contributed by atoms with van der Waals surface area (Å²) in [6.45, 7) is -0.977. The first-order chi connectivity index (χ1) is 16.2. The smallest absolute Gasteiger partial charge is 0.387 e. The van der Waals surface area contributed by atoms with E-state index in [1.165, 1.54) is 29.7 Å². The van der Waals surface area contributed by atoms with Crippen LogP contribution < -0.4 is 10.2 Å². The first-order valence-corrected chi connectivity index (χ1v) is 11.6. The van der Waals surface area contributed by atoms with Gasteiger partial charge in [-0.15, -0.1) is 0 Å². The lowest BCUT2D eigenvalue weighted by atomic mass is 10.1. The van der Waals surface area contributed by atoms with E-state index >= 15 is 0 Å². The molecule has 0 unspecified atom stereocenters. The molecule has 0 saturated heterocycles. The molecule has 178 valence electrons. The van der Waals surface area contributed by atoms with Gasteiger partial charge in [0.1, 0.15) is 5.75 Å². The van der Waals surface area contributed by atoms with Gasteiger partial charge in [-0.25, -0.2) is 13.8 Å². The number of para-hydroxylation sites is 1. The highest BCUT2D eigenvalue weighted by Crippen LogP contribution is 2.19. The number of carbonyl (C=O) groups is 1. The number of nitrogens with zero attached hydrogens (tertiary/aromatic N) is 2. The second-order valence-corrected chi connectivity index (χ2v) is 9.43. The average Bonchev–Trinajstić information content (AvgIpc) is 2.80. The van der Waals surface area contributed by atoms with Gasteiger partial charge < -0.3 is 4.74 Å². The van der Waals surface area contributed by atoms with Crippen molar-refractivity contribution in [3.8, 4) is 5.75 Å². The second-order valence-electron chi connectivity index (χ2n) is 7.39. The Hall–Kier alpha value is -3.63. The van der Waals surface area contributed by atoms with Crippen molar-refractivity contribution in [3.05, 3.63) is 95.1 Å². The summed E-state index contributed by atoms with van der Waals surface area (Å²) in [5, 5.41) is 3.79. The summed E-state index contributed by atoms with van der Waals surface area (Å²) in [5.74, 6) is -0.583. The number of amides is 1. The lowest BCUT2D eigenvalue weighted by Crippen LogP contribution is -2.26. The lowest BCUT2D eigenvalue weighted by molar-refractivity contribution is -0.0499. The van der Waals surface area contributed by atoms with Gasteiger partial charge in [0.25, 0.3) is 5.91 Å². The minimum atomic E-state index is -3.65. The van der Waals surface area contributed by atoms with Gasteiger partial charge in [0.2, 0.25) is 10.0 Å². The molecule has 0 bridgehead atoms. The third-order valence-corrected chi connectivity index (χ3v) is 6.67. The molecule has 34 heavy (non-hydrogen) atoms. The third-order valence-electron chi connectivity index (χ3n) is 4.86. The summed E-state index contributed by atoms with van der Waals surface area (Å²) < 4.78 is 56.1. The Morgan fingerprint density at radius 3 is 2.35 bits per heavy atom. The molecule has 0 aromatic heterocycles. The highest BCUT2D eigenvalue weighted by molar-refractivity contribution is 7.89. The number of aryl methyl sites for hydroxylation is 1. The molecule has 0 atom stereocenters. The van der Waals surface area contributed by atoms with E-state index in [0.717, 1.165) is 5.56 Å². The molecule has 0 spiro atoms. The molecular weight excluding hydrogens is 464 g/mol. The first kappa shape index (κ1) is 25.0. The molecule has 0 aliphatic rings. The predicted octanol–water partition coefficient (Wildman–Crippen LogP) is 4.18. The molecule has 0 radical (unpaired) electrons. The van der Waals surface area contributed by atoms with Crippen molar-refractivity contribution in [2.45, 2.75) is 25.0 Å². The van der Waals surface area contributed by atoms with Crippen molar-refractivity contribution in [1.29, 1.82) is 0 Å². The van der Waals surface area contributed by atoms with Crippen molar-refractivity contribution in [2.75, 3.05) is 7.05 Å². The quantitative estimate of drug-likeness (QED) is 0.362. The Kier molecular flexibility index (Phi) is 8.08. The Bertz CT molecular complexity index is 1260. The van der Waals surface area contributed by atoms with Crippen LogP contribution in [0.25, 0.3) is 0 Å². The Labute approximate surface area is 196 Å². The zero-order chi connectivity index (χ0) is 24.7. The van der Waals surface area contributed by atoms with Gasteiger partial charge in [-0.1, -0.05) is 42.0 Å². The molecule has 7 nitrogen and oxygen atoms in total. The number of ether oxygens (including phenoxy) is 1. The molecule has 0 heterocycles. The summed E-state index contributed by atoms with van der Waals surface area (Å²) in [4.78, 5) is 12.5. The van der Waals surface area contributed by atoms with Gasteiger partial charge in [0.05, 0.1) is 11.1 Å². The number of alkyl halides is 2. The van der Waals surface area contributed by atoms with Crippen molar-refractivity contribution < 1.29 is 26.7 Å². The van der Waals surface area contributed by atoms with Crippen LogP contribution in [0, 0.1) is 6.92 Å². The van der Waals surface area contributed by atoms with Crippen LogP contribution in [-0.2, 0) is 16.6 Å².